The zero-order chi connectivity index (χ0) is 14.2. The van der Waals surface area contributed by atoms with Crippen LogP contribution < -0.4 is 24.8 Å². The molecule has 4 aliphatic carbocycles. The van der Waals surface area contributed by atoms with Crippen LogP contribution in [0.25, 0.3) is 0 Å². The summed E-state index contributed by atoms with van der Waals surface area (Å²) in [4.78, 5) is 0. The third-order valence-electron chi connectivity index (χ3n) is 6.22. The van der Waals surface area contributed by atoms with Crippen molar-refractivity contribution in [1.29, 1.82) is 0 Å². The smallest absolute Gasteiger partial charge is 1.00 e. The Bertz CT molecular complexity index is 532. The van der Waals surface area contributed by atoms with Gasteiger partial charge in [0, 0.05) is 0 Å². The number of allylic oxidation sites excluding steroid dienone is 8. The molecule has 124 valence electrons. The van der Waals surface area contributed by atoms with E-state index in [1.165, 1.54) is 38.5 Å². The van der Waals surface area contributed by atoms with Gasteiger partial charge in [0.05, 0.1) is 0 Å². The van der Waals surface area contributed by atoms with Gasteiger partial charge in [-0.15, -0.1) is 0 Å². The van der Waals surface area contributed by atoms with E-state index in [4.69, 9.17) is 0 Å². The molecule has 0 N–H and O–H groups in total. The molecular weight excluding hydrogens is 402 g/mol. The van der Waals surface area contributed by atoms with Crippen LogP contribution >= 0.6 is 0 Å². The van der Waals surface area contributed by atoms with Crippen molar-refractivity contribution in [3.63, 3.8) is 0 Å². The van der Waals surface area contributed by atoms with Gasteiger partial charge >= 0.3 is 141 Å². The van der Waals surface area contributed by atoms with E-state index >= 15 is 0 Å². The average Bonchev–Trinajstić information content (AvgIpc) is 3.11. The summed E-state index contributed by atoms with van der Waals surface area (Å²) in [6, 6.07) is 0. The summed E-state index contributed by atoms with van der Waals surface area (Å²) in [6.07, 6.45) is 23.3. The third kappa shape index (κ3) is 3.68. The standard InChI is InChI=1S/C13H17.C7H9.2ClH.Zr/c1-3-7-12-10(5-1)9-11-6-2-4-8-13(11)12;1-2-7-5-3-4-6-7;;;/h1,3,5,7,9-13H,2,4,6,8H2;3,5H,2,4H2,1H3;2*1H;/q;;;;+2/p-2. The van der Waals surface area contributed by atoms with Crippen LogP contribution in [0.4, 0.5) is 0 Å². The van der Waals surface area contributed by atoms with Gasteiger partial charge in [0.1, 0.15) is 0 Å². The fourth-order valence-corrected chi connectivity index (χ4v) is 10.8. The second-order valence-electron chi connectivity index (χ2n) is 7.17. The molecule has 0 aromatic rings. The van der Waals surface area contributed by atoms with Gasteiger partial charge < -0.3 is 24.8 Å². The Morgan fingerprint density at radius 1 is 1.00 bits per heavy atom. The summed E-state index contributed by atoms with van der Waals surface area (Å²) in [5.74, 6) is 3.89. The molecule has 0 aromatic carbocycles. The van der Waals surface area contributed by atoms with Crippen molar-refractivity contribution in [2.75, 3.05) is 0 Å². The summed E-state index contributed by atoms with van der Waals surface area (Å²) in [5, 5.41) is 0. The maximum atomic E-state index is 2.59. The van der Waals surface area contributed by atoms with Gasteiger partial charge in [-0.1, -0.05) is 0 Å². The number of rotatable bonds is 3. The predicted molar refractivity (Wildman–Crippen MR) is 85.5 cm³/mol. The second-order valence-corrected chi connectivity index (χ2v) is 11.0. The summed E-state index contributed by atoms with van der Waals surface area (Å²) < 4.78 is 3.01. The summed E-state index contributed by atoms with van der Waals surface area (Å²) in [7, 11) is 0. The van der Waals surface area contributed by atoms with Crippen LogP contribution in [-0.2, 0) is 23.2 Å². The zero-order valence-electron chi connectivity index (χ0n) is 13.8. The van der Waals surface area contributed by atoms with Crippen molar-refractivity contribution in [3.8, 4) is 0 Å². The zero-order valence-corrected chi connectivity index (χ0v) is 17.8. The predicted octanol–water partition coefficient (Wildman–Crippen LogP) is -0.332. The SMILES string of the molecule is CCC1=[C]([Zr+2][CH]2C3C=CC=CC3C3CCCCC32)CC=C1.[Cl-].[Cl-]. The Hall–Kier alpha value is 0.423. The first kappa shape index (κ1) is 19.7. The van der Waals surface area contributed by atoms with E-state index in [0.29, 0.717) is 0 Å². The van der Waals surface area contributed by atoms with E-state index in [-0.39, 0.29) is 24.8 Å². The van der Waals surface area contributed by atoms with Gasteiger partial charge in [0.2, 0.25) is 0 Å². The van der Waals surface area contributed by atoms with Crippen molar-refractivity contribution in [2.45, 2.75) is 49.1 Å². The van der Waals surface area contributed by atoms with Crippen molar-refractivity contribution < 1.29 is 48.0 Å². The molecule has 2 saturated carbocycles. The van der Waals surface area contributed by atoms with Crippen LogP contribution in [0.3, 0.4) is 0 Å². The van der Waals surface area contributed by atoms with Gasteiger partial charge in [-0.2, -0.15) is 0 Å². The molecule has 0 heterocycles. The molecule has 4 rings (SSSR count). The fraction of sp³-hybridized carbons (Fsp3) is 0.600. The van der Waals surface area contributed by atoms with Gasteiger partial charge in [0.25, 0.3) is 0 Å². The molecule has 2 fully saturated rings. The third-order valence-corrected chi connectivity index (χ3v) is 11.2. The van der Waals surface area contributed by atoms with E-state index in [1.807, 2.05) is 3.28 Å². The van der Waals surface area contributed by atoms with Crippen molar-refractivity contribution >= 4 is 0 Å². The Balaban J connectivity index is 0.000000960. The van der Waals surface area contributed by atoms with E-state index in [0.717, 1.165) is 27.3 Å². The van der Waals surface area contributed by atoms with Crippen LogP contribution in [0, 0.1) is 23.7 Å². The van der Waals surface area contributed by atoms with Crippen LogP contribution in [0.15, 0.2) is 45.3 Å². The van der Waals surface area contributed by atoms with E-state index in [1.54, 1.807) is 5.57 Å². The Labute approximate surface area is 165 Å². The van der Waals surface area contributed by atoms with Crippen molar-refractivity contribution in [1.82, 2.24) is 0 Å². The summed E-state index contributed by atoms with van der Waals surface area (Å²) >= 11 is -0.422. The molecule has 0 saturated heterocycles. The number of halogens is 2. The Morgan fingerprint density at radius 3 is 2.43 bits per heavy atom. The first-order valence-corrected chi connectivity index (χ1v) is 11.5. The van der Waals surface area contributed by atoms with Crippen LogP contribution in [0.5, 0.6) is 0 Å². The van der Waals surface area contributed by atoms with E-state index in [9.17, 15) is 0 Å². The Kier molecular flexibility index (Phi) is 7.46. The number of fused-ring (bicyclic) bond motifs is 3. The number of hydrogen-bond acceptors (Lipinski definition) is 0. The molecule has 4 aliphatic rings. The summed E-state index contributed by atoms with van der Waals surface area (Å²) in [5.41, 5.74) is 1.72. The van der Waals surface area contributed by atoms with Gasteiger partial charge in [0.15, 0.2) is 0 Å². The Morgan fingerprint density at radius 2 is 1.70 bits per heavy atom. The first-order chi connectivity index (χ1) is 10.4. The summed E-state index contributed by atoms with van der Waals surface area (Å²) in [6.45, 7) is 2.34. The average molecular weight is 429 g/mol. The molecule has 3 heteroatoms. The molecule has 0 radical (unpaired) electrons. The van der Waals surface area contributed by atoms with Crippen LogP contribution in [0.2, 0.25) is 3.63 Å². The quantitative estimate of drug-likeness (QED) is 0.578. The molecule has 5 atom stereocenters. The normalized spacial score (nSPS) is 36.8. The van der Waals surface area contributed by atoms with Gasteiger partial charge in [-0.05, 0) is 0 Å². The number of hydrogen-bond donors (Lipinski definition) is 0. The minimum Gasteiger partial charge on any atom is -1.00 e. The van der Waals surface area contributed by atoms with E-state index < -0.39 is 23.2 Å². The molecule has 0 bridgehead atoms. The largest absolute Gasteiger partial charge is 1.00 e. The molecule has 0 amide bonds. The molecule has 0 nitrogen and oxygen atoms in total. The molecule has 0 aromatic heterocycles. The van der Waals surface area contributed by atoms with Crippen LogP contribution in [-0.4, -0.2) is 0 Å². The maximum absolute atomic E-state index is 2.59. The van der Waals surface area contributed by atoms with Crippen molar-refractivity contribution in [3.05, 3.63) is 45.3 Å². The molecule has 0 aliphatic heterocycles. The van der Waals surface area contributed by atoms with Crippen molar-refractivity contribution in [2.24, 2.45) is 23.7 Å². The molecule has 0 spiro atoms. The van der Waals surface area contributed by atoms with Gasteiger partial charge in [-0.25, -0.2) is 0 Å². The monoisotopic (exact) mass is 426 g/mol. The van der Waals surface area contributed by atoms with Crippen LogP contribution in [0.1, 0.15) is 45.4 Å². The second kappa shape index (κ2) is 8.68. The van der Waals surface area contributed by atoms with E-state index in [2.05, 4.69) is 43.4 Å². The first-order valence-electron chi connectivity index (χ1n) is 8.88. The molecule has 23 heavy (non-hydrogen) atoms. The minimum absolute atomic E-state index is 0. The topological polar surface area (TPSA) is 0 Å². The molecular formula is C20H26Cl2Zr. The molecule has 5 unspecified atom stereocenters. The maximum Gasteiger partial charge on any atom is -1.00 e. The minimum atomic E-state index is -0.422. The van der Waals surface area contributed by atoms with Gasteiger partial charge in [-0.3, -0.25) is 0 Å². The fourth-order valence-electron chi connectivity index (χ4n) is 5.26.